The van der Waals surface area contributed by atoms with E-state index in [9.17, 15) is 5.11 Å². The van der Waals surface area contributed by atoms with E-state index >= 15 is 0 Å². The van der Waals surface area contributed by atoms with Crippen LogP contribution in [0, 0.1) is 6.92 Å². The molecule has 3 aromatic carbocycles. The normalized spacial score (nSPS) is 12.2. The fourth-order valence-corrected chi connectivity index (χ4v) is 4.21. The minimum atomic E-state index is -0.563. The molecule has 176 valence electrons. The van der Waals surface area contributed by atoms with Crippen LogP contribution in [0.3, 0.4) is 0 Å². The molecule has 1 heterocycles. The number of aromatic nitrogens is 1. The molecule has 0 bridgehead atoms. The first kappa shape index (κ1) is 24.0. The number of aryl methyl sites for hydroxylation is 1. The molecule has 34 heavy (non-hydrogen) atoms. The second-order valence-electron chi connectivity index (χ2n) is 8.86. The minimum absolute atomic E-state index is 0.310. The van der Waals surface area contributed by atoms with Crippen LogP contribution in [0.5, 0.6) is 0 Å². The van der Waals surface area contributed by atoms with Crippen LogP contribution in [0.1, 0.15) is 27.9 Å². The molecule has 4 nitrogen and oxygen atoms in total. The highest BCUT2D eigenvalue weighted by Gasteiger charge is 2.15. The second kappa shape index (κ2) is 12.3. The maximum Gasteiger partial charge on any atom is 0.0900 e. The number of rotatable bonds is 12. The molecule has 4 heteroatoms. The Morgan fingerprint density at radius 2 is 1.47 bits per heavy atom. The van der Waals surface area contributed by atoms with E-state index < -0.39 is 6.10 Å². The predicted octanol–water partition coefficient (Wildman–Crippen LogP) is 5.42. The van der Waals surface area contributed by atoms with Gasteiger partial charge in [-0.15, -0.1) is 0 Å². The van der Waals surface area contributed by atoms with Crippen LogP contribution in [-0.4, -0.2) is 33.8 Å². The number of ether oxygens (including phenoxy) is 1. The van der Waals surface area contributed by atoms with Crippen LogP contribution in [-0.2, 0) is 31.0 Å². The van der Waals surface area contributed by atoms with Crippen molar-refractivity contribution in [2.45, 2.75) is 39.3 Å². The van der Waals surface area contributed by atoms with Crippen LogP contribution in [0.25, 0.3) is 0 Å². The molecular formula is C30H34N2O2. The first-order chi connectivity index (χ1) is 16.7. The highest BCUT2D eigenvalue weighted by molar-refractivity contribution is 5.26. The van der Waals surface area contributed by atoms with Gasteiger partial charge in [-0.3, -0.25) is 4.90 Å². The van der Waals surface area contributed by atoms with Gasteiger partial charge in [0.15, 0.2) is 0 Å². The molecule has 0 aliphatic carbocycles. The molecule has 1 unspecified atom stereocenters. The lowest BCUT2D eigenvalue weighted by Gasteiger charge is -2.26. The number of hydrogen-bond acceptors (Lipinski definition) is 3. The van der Waals surface area contributed by atoms with Crippen molar-refractivity contribution in [3.8, 4) is 0 Å². The van der Waals surface area contributed by atoms with Crippen LogP contribution in [0.2, 0.25) is 0 Å². The molecule has 1 N–H and O–H groups in total. The Morgan fingerprint density at radius 1 is 0.794 bits per heavy atom. The van der Waals surface area contributed by atoms with Gasteiger partial charge in [0, 0.05) is 38.1 Å². The maximum atomic E-state index is 10.8. The van der Waals surface area contributed by atoms with Crippen molar-refractivity contribution in [2.24, 2.45) is 0 Å². The molecule has 0 saturated carbocycles. The second-order valence-corrected chi connectivity index (χ2v) is 8.86. The summed E-state index contributed by atoms with van der Waals surface area (Å²) in [6.45, 7) is 5.89. The fraction of sp³-hybridized carbons (Fsp3) is 0.267. The van der Waals surface area contributed by atoms with E-state index in [1.165, 1.54) is 22.4 Å². The van der Waals surface area contributed by atoms with E-state index in [-0.39, 0.29) is 0 Å². The van der Waals surface area contributed by atoms with Gasteiger partial charge in [-0.25, -0.2) is 0 Å². The van der Waals surface area contributed by atoms with Gasteiger partial charge in [0.2, 0.25) is 0 Å². The molecule has 0 saturated heterocycles. The largest absolute Gasteiger partial charge is 0.389 e. The molecule has 4 rings (SSSR count). The van der Waals surface area contributed by atoms with Gasteiger partial charge in [-0.1, -0.05) is 84.9 Å². The Morgan fingerprint density at radius 3 is 2.21 bits per heavy atom. The van der Waals surface area contributed by atoms with Gasteiger partial charge < -0.3 is 14.4 Å². The summed E-state index contributed by atoms with van der Waals surface area (Å²) in [5, 5.41) is 10.8. The Labute approximate surface area is 203 Å². The van der Waals surface area contributed by atoms with Gasteiger partial charge in [0.25, 0.3) is 0 Å². The van der Waals surface area contributed by atoms with Crippen LogP contribution < -0.4 is 0 Å². The monoisotopic (exact) mass is 454 g/mol. The zero-order valence-electron chi connectivity index (χ0n) is 19.9. The third-order valence-electron chi connectivity index (χ3n) is 6.05. The zero-order chi connectivity index (χ0) is 23.6. The van der Waals surface area contributed by atoms with E-state index in [2.05, 4.69) is 83.3 Å². The first-order valence-corrected chi connectivity index (χ1v) is 11.9. The molecule has 0 spiro atoms. The fourth-order valence-electron chi connectivity index (χ4n) is 4.21. The summed E-state index contributed by atoms with van der Waals surface area (Å²) in [4.78, 5) is 2.30. The molecular weight excluding hydrogens is 420 g/mol. The van der Waals surface area contributed by atoms with E-state index in [1.54, 1.807) is 0 Å². The molecule has 0 fully saturated rings. The summed E-state index contributed by atoms with van der Waals surface area (Å²) < 4.78 is 8.11. The molecule has 1 atom stereocenters. The lowest BCUT2D eigenvalue weighted by molar-refractivity contribution is 0.00679. The molecule has 4 aromatic rings. The highest BCUT2D eigenvalue weighted by atomic mass is 16.5. The molecule has 0 amide bonds. The molecule has 0 aliphatic rings. The average molecular weight is 455 g/mol. The van der Waals surface area contributed by atoms with E-state index in [1.807, 2.05) is 36.4 Å². The highest BCUT2D eigenvalue weighted by Crippen LogP contribution is 2.16. The summed E-state index contributed by atoms with van der Waals surface area (Å²) in [5.74, 6) is 0. The maximum absolute atomic E-state index is 10.8. The van der Waals surface area contributed by atoms with Crippen molar-refractivity contribution in [1.82, 2.24) is 9.47 Å². The number of nitrogens with zero attached hydrogens (tertiary/aromatic N) is 2. The SMILES string of the molecule is Cc1ccccc1Cn1cccc1CN(Cc1ccccc1)CC(O)COCc1ccccc1. The number of benzene rings is 3. The summed E-state index contributed by atoms with van der Waals surface area (Å²) >= 11 is 0. The van der Waals surface area contributed by atoms with Crippen molar-refractivity contribution in [3.63, 3.8) is 0 Å². The van der Waals surface area contributed by atoms with Crippen LogP contribution >= 0.6 is 0 Å². The summed E-state index contributed by atoms with van der Waals surface area (Å²) in [6, 6.07) is 33.3. The van der Waals surface area contributed by atoms with Gasteiger partial charge in [0.1, 0.15) is 0 Å². The van der Waals surface area contributed by atoms with Crippen LogP contribution in [0.4, 0.5) is 0 Å². The molecule has 1 aromatic heterocycles. The Kier molecular flexibility index (Phi) is 8.69. The number of aliphatic hydroxyl groups excluding tert-OH is 1. The van der Waals surface area contributed by atoms with Crippen molar-refractivity contribution in [1.29, 1.82) is 0 Å². The number of hydrogen-bond donors (Lipinski definition) is 1. The van der Waals surface area contributed by atoms with E-state index in [0.29, 0.717) is 19.8 Å². The van der Waals surface area contributed by atoms with Crippen molar-refractivity contribution in [3.05, 3.63) is 131 Å². The quantitative estimate of drug-likeness (QED) is 0.310. The van der Waals surface area contributed by atoms with Gasteiger partial charge in [-0.2, -0.15) is 0 Å². The van der Waals surface area contributed by atoms with E-state index in [0.717, 1.165) is 25.2 Å². The topological polar surface area (TPSA) is 37.6 Å². The van der Waals surface area contributed by atoms with Crippen molar-refractivity contribution >= 4 is 0 Å². The third kappa shape index (κ3) is 7.16. The lowest BCUT2D eigenvalue weighted by atomic mass is 10.1. The van der Waals surface area contributed by atoms with Gasteiger partial charge in [0.05, 0.1) is 19.3 Å². The third-order valence-corrected chi connectivity index (χ3v) is 6.05. The average Bonchev–Trinajstić information content (AvgIpc) is 3.28. The lowest BCUT2D eigenvalue weighted by Crippen LogP contribution is -2.34. The summed E-state index contributed by atoms with van der Waals surface area (Å²) in [5.41, 5.74) is 6.21. The number of aliphatic hydroxyl groups is 1. The molecule has 0 aliphatic heterocycles. The first-order valence-electron chi connectivity index (χ1n) is 11.9. The van der Waals surface area contributed by atoms with Crippen molar-refractivity contribution < 1.29 is 9.84 Å². The van der Waals surface area contributed by atoms with Gasteiger partial charge >= 0.3 is 0 Å². The van der Waals surface area contributed by atoms with Gasteiger partial charge in [-0.05, 0) is 41.3 Å². The Hall–Kier alpha value is -3.18. The van der Waals surface area contributed by atoms with Crippen molar-refractivity contribution in [2.75, 3.05) is 13.2 Å². The minimum Gasteiger partial charge on any atom is -0.389 e. The van der Waals surface area contributed by atoms with Crippen LogP contribution in [0.15, 0.2) is 103 Å². The Bertz CT molecular complexity index is 1120. The summed E-state index contributed by atoms with van der Waals surface area (Å²) in [6.07, 6.45) is 1.58. The predicted molar refractivity (Wildman–Crippen MR) is 137 cm³/mol. The standard InChI is InChI=1S/C30H34N2O2/c1-25-11-8-9-16-28(25)20-32-18-10-17-29(32)21-31(19-26-12-4-2-5-13-26)22-30(33)24-34-23-27-14-6-3-7-15-27/h2-18,30,33H,19-24H2,1H3. The summed E-state index contributed by atoms with van der Waals surface area (Å²) in [7, 11) is 0. The smallest absolute Gasteiger partial charge is 0.0900 e. The zero-order valence-corrected chi connectivity index (χ0v) is 19.9. The van der Waals surface area contributed by atoms with E-state index in [4.69, 9.17) is 4.74 Å². The molecule has 0 radical (unpaired) electrons. The Balaban J connectivity index is 1.41.